The Hall–Kier alpha value is -3.70. The maximum atomic E-state index is 12.3. The number of hydrogen-bond donors (Lipinski definition) is 1. The molecule has 0 saturated carbocycles. The molecule has 4 aromatic rings. The van der Waals surface area contributed by atoms with Crippen molar-refractivity contribution >= 4 is 28.1 Å². The molecule has 0 radical (unpaired) electrons. The van der Waals surface area contributed by atoms with Gasteiger partial charge in [-0.2, -0.15) is 5.10 Å². The second-order valence-electron chi connectivity index (χ2n) is 7.10. The highest BCUT2D eigenvalue weighted by molar-refractivity contribution is 9.10. The number of carbonyl (C=O) groups is 1. The molecule has 4 aromatic carbocycles. The number of hydrazone groups is 1. The molecule has 1 amide bonds. The van der Waals surface area contributed by atoms with Crippen molar-refractivity contribution in [3.63, 3.8) is 0 Å². The summed E-state index contributed by atoms with van der Waals surface area (Å²) >= 11 is 3.41. The van der Waals surface area contributed by atoms with E-state index >= 15 is 0 Å². The van der Waals surface area contributed by atoms with E-state index in [0.717, 1.165) is 32.5 Å². The Morgan fingerprint density at radius 3 is 2.41 bits per heavy atom. The topological polar surface area (TPSA) is 50.7 Å². The van der Waals surface area contributed by atoms with Gasteiger partial charge in [-0.3, -0.25) is 4.79 Å². The van der Waals surface area contributed by atoms with Crippen molar-refractivity contribution in [3.8, 4) is 16.9 Å². The Balaban J connectivity index is 1.36. The van der Waals surface area contributed by atoms with E-state index in [9.17, 15) is 4.79 Å². The molecule has 0 spiro atoms. The number of amides is 1. The van der Waals surface area contributed by atoms with Crippen LogP contribution in [0.1, 0.15) is 21.5 Å². The first kappa shape index (κ1) is 21.5. The number of rotatable bonds is 7. The molecule has 0 unspecified atom stereocenters. The van der Waals surface area contributed by atoms with Crippen LogP contribution in [0.25, 0.3) is 11.1 Å². The minimum atomic E-state index is -0.266. The lowest BCUT2D eigenvalue weighted by atomic mass is 10.0. The number of ether oxygens (including phenoxy) is 1. The summed E-state index contributed by atoms with van der Waals surface area (Å²) in [4.78, 5) is 12.3. The zero-order chi connectivity index (χ0) is 22.2. The fourth-order valence-electron chi connectivity index (χ4n) is 3.18. The van der Waals surface area contributed by atoms with Crippen LogP contribution in [0, 0.1) is 0 Å². The normalized spacial score (nSPS) is 10.8. The second kappa shape index (κ2) is 10.6. The van der Waals surface area contributed by atoms with Gasteiger partial charge in [-0.05, 0) is 47.0 Å². The number of benzene rings is 4. The number of halogens is 1. The lowest BCUT2D eigenvalue weighted by molar-refractivity contribution is 0.0955. The third-order valence-electron chi connectivity index (χ3n) is 4.81. The van der Waals surface area contributed by atoms with Crippen LogP contribution in [0.15, 0.2) is 113 Å². The third-order valence-corrected chi connectivity index (χ3v) is 5.30. The molecule has 0 bridgehead atoms. The summed E-state index contributed by atoms with van der Waals surface area (Å²) in [5.74, 6) is 0.556. The first-order valence-corrected chi connectivity index (χ1v) is 10.9. The van der Waals surface area contributed by atoms with Crippen LogP contribution in [-0.2, 0) is 6.61 Å². The van der Waals surface area contributed by atoms with Crippen molar-refractivity contribution in [2.45, 2.75) is 6.61 Å². The van der Waals surface area contributed by atoms with Gasteiger partial charge >= 0.3 is 0 Å². The molecule has 4 rings (SSSR count). The number of carbonyl (C=O) groups excluding carboxylic acids is 1. The van der Waals surface area contributed by atoms with Gasteiger partial charge < -0.3 is 4.74 Å². The zero-order valence-corrected chi connectivity index (χ0v) is 18.8. The largest absolute Gasteiger partial charge is 0.488 e. The number of para-hydroxylation sites is 1. The molecule has 1 N–H and O–H groups in total. The van der Waals surface area contributed by atoms with Crippen molar-refractivity contribution in [3.05, 3.63) is 124 Å². The zero-order valence-electron chi connectivity index (χ0n) is 17.2. The van der Waals surface area contributed by atoms with Crippen LogP contribution in [0.5, 0.6) is 5.75 Å². The van der Waals surface area contributed by atoms with E-state index in [0.29, 0.717) is 12.2 Å². The van der Waals surface area contributed by atoms with Crippen molar-refractivity contribution in [1.82, 2.24) is 5.43 Å². The number of hydrogen-bond acceptors (Lipinski definition) is 3. The predicted octanol–water partition coefficient (Wildman–Crippen LogP) is 6.46. The van der Waals surface area contributed by atoms with Crippen molar-refractivity contribution in [1.29, 1.82) is 0 Å². The molecular weight excluding hydrogens is 464 g/mol. The van der Waals surface area contributed by atoms with E-state index < -0.39 is 0 Å². The number of nitrogens with one attached hydrogen (secondary N) is 1. The van der Waals surface area contributed by atoms with Gasteiger partial charge in [0.05, 0.1) is 6.21 Å². The quantitative estimate of drug-likeness (QED) is 0.241. The monoisotopic (exact) mass is 484 g/mol. The van der Waals surface area contributed by atoms with Gasteiger partial charge in [-0.15, -0.1) is 0 Å². The van der Waals surface area contributed by atoms with Crippen molar-refractivity contribution < 1.29 is 9.53 Å². The first-order chi connectivity index (χ1) is 15.7. The van der Waals surface area contributed by atoms with Crippen molar-refractivity contribution in [2.24, 2.45) is 5.10 Å². The Kier molecular flexibility index (Phi) is 7.10. The molecule has 0 atom stereocenters. The maximum Gasteiger partial charge on any atom is 0.271 e. The highest BCUT2D eigenvalue weighted by Crippen LogP contribution is 2.30. The van der Waals surface area contributed by atoms with E-state index in [-0.39, 0.29) is 5.91 Å². The molecule has 0 aliphatic rings. The van der Waals surface area contributed by atoms with E-state index in [1.54, 1.807) is 18.3 Å². The van der Waals surface area contributed by atoms with E-state index in [4.69, 9.17) is 4.74 Å². The van der Waals surface area contributed by atoms with Gasteiger partial charge in [0.2, 0.25) is 0 Å². The second-order valence-corrected chi connectivity index (χ2v) is 8.02. The lowest BCUT2D eigenvalue weighted by Crippen LogP contribution is -2.17. The van der Waals surface area contributed by atoms with Crippen LogP contribution in [0.4, 0.5) is 0 Å². The molecule has 5 heteroatoms. The van der Waals surface area contributed by atoms with Gasteiger partial charge in [0, 0.05) is 15.6 Å². The maximum absolute atomic E-state index is 12.3. The SMILES string of the molecule is O=C(NN=Cc1cccc(Br)c1)c1ccc(COc2ccccc2-c2ccccc2)cc1. The Bertz CT molecular complexity index is 1220. The summed E-state index contributed by atoms with van der Waals surface area (Å²) in [5.41, 5.74) is 7.11. The summed E-state index contributed by atoms with van der Waals surface area (Å²) in [5, 5.41) is 4.03. The van der Waals surface area contributed by atoms with Gasteiger partial charge in [0.1, 0.15) is 12.4 Å². The van der Waals surface area contributed by atoms with Crippen LogP contribution in [-0.4, -0.2) is 12.1 Å². The Morgan fingerprint density at radius 1 is 0.875 bits per heavy atom. The Labute approximate surface area is 195 Å². The van der Waals surface area contributed by atoms with E-state index in [1.165, 1.54) is 0 Å². The van der Waals surface area contributed by atoms with Gasteiger partial charge in [-0.25, -0.2) is 5.43 Å². The molecule has 0 aromatic heterocycles. The molecule has 0 aliphatic carbocycles. The summed E-state index contributed by atoms with van der Waals surface area (Å²) in [6.07, 6.45) is 1.61. The Morgan fingerprint density at radius 2 is 1.62 bits per heavy atom. The molecule has 32 heavy (non-hydrogen) atoms. The smallest absolute Gasteiger partial charge is 0.271 e. The highest BCUT2D eigenvalue weighted by atomic mass is 79.9. The lowest BCUT2D eigenvalue weighted by Gasteiger charge is -2.12. The summed E-state index contributed by atoms with van der Waals surface area (Å²) in [6.45, 7) is 0.410. The van der Waals surface area contributed by atoms with E-state index in [1.807, 2.05) is 78.9 Å². The summed E-state index contributed by atoms with van der Waals surface area (Å²) in [6, 6.07) is 33.1. The minimum Gasteiger partial charge on any atom is -0.488 e. The first-order valence-electron chi connectivity index (χ1n) is 10.1. The van der Waals surface area contributed by atoms with Gasteiger partial charge in [0.25, 0.3) is 5.91 Å². The fourth-order valence-corrected chi connectivity index (χ4v) is 3.60. The molecule has 0 saturated heterocycles. The molecule has 0 aliphatic heterocycles. The fraction of sp³-hybridized carbons (Fsp3) is 0.0370. The summed E-state index contributed by atoms with van der Waals surface area (Å²) < 4.78 is 7.03. The molecule has 0 heterocycles. The average Bonchev–Trinajstić information content (AvgIpc) is 2.84. The highest BCUT2D eigenvalue weighted by Gasteiger charge is 2.07. The molecule has 4 nitrogen and oxygen atoms in total. The van der Waals surface area contributed by atoms with Gasteiger partial charge in [-0.1, -0.05) is 88.7 Å². The van der Waals surface area contributed by atoms with E-state index in [2.05, 4.69) is 38.6 Å². The standard InChI is InChI=1S/C27H21BrN2O2/c28-24-10-6-7-21(17-24)18-29-30-27(31)23-15-13-20(14-16-23)19-32-26-12-5-4-11-25(26)22-8-2-1-3-9-22/h1-18H,19H2,(H,30,31). The van der Waals surface area contributed by atoms with Crippen LogP contribution in [0.3, 0.4) is 0 Å². The van der Waals surface area contributed by atoms with Crippen LogP contribution < -0.4 is 10.2 Å². The molecule has 0 fully saturated rings. The molecule has 158 valence electrons. The summed E-state index contributed by atoms with van der Waals surface area (Å²) in [7, 11) is 0. The van der Waals surface area contributed by atoms with Crippen LogP contribution >= 0.6 is 15.9 Å². The van der Waals surface area contributed by atoms with Crippen LogP contribution in [0.2, 0.25) is 0 Å². The number of nitrogens with zero attached hydrogens (tertiary/aromatic N) is 1. The van der Waals surface area contributed by atoms with Crippen molar-refractivity contribution in [2.75, 3.05) is 0 Å². The third kappa shape index (κ3) is 5.71. The molecular formula is C27H21BrN2O2. The van der Waals surface area contributed by atoms with Gasteiger partial charge in [0.15, 0.2) is 0 Å². The predicted molar refractivity (Wildman–Crippen MR) is 132 cm³/mol. The average molecular weight is 485 g/mol. The minimum absolute atomic E-state index is 0.266.